The monoisotopic (exact) mass is 367 g/mol. The Morgan fingerprint density at radius 1 is 1.07 bits per heavy atom. The van der Waals surface area contributed by atoms with E-state index < -0.39 is 12.1 Å². The molecule has 0 bridgehead atoms. The van der Waals surface area contributed by atoms with Crippen LogP contribution in [0.1, 0.15) is 61.7 Å². The van der Waals surface area contributed by atoms with E-state index >= 15 is 0 Å². The van der Waals surface area contributed by atoms with Crippen molar-refractivity contribution >= 4 is 17.6 Å². The van der Waals surface area contributed by atoms with Gasteiger partial charge in [0.1, 0.15) is 0 Å². The second-order valence-corrected chi connectivity index (χ2v) is 7.83. The van der Waals surface area contributed by atoms with E-state index in [0.29, 0.717) is 5.56 Å². The third-order valence-electron chi connectivity index (χ3n) is 4.63. The summed E-state index contributed by atoms with van der Waals surface area (Å²) in [4.78, 5) is 24.9. The molecule has 0 heterocycles. The van der Waals surface area contributed by atoms with Gasteiger partial charge in [-0.2, -0.15) is 0 Å². The van der Waals surface area contributed by atoms with Gasteiger partial charge >= 0.3 is 5.97 Å². The number of para-hydroxylation sites is 1. The van der Waals surface area contributed by atoms with Crippen LogP contribution in [-0.2, 0) is 21.4 Å². The summed E-state index contributed by atoms with van der Waals surface area (Å²) < 4.78 is 5.36. The van der Waals surface area contributed by atoms with Gasteiger partial charge in [-0.25, -0.2) is 4.79 Å². The van der Waals surface area contributed by atoms with Gasteiger partial charge in [0.15, 0.2) is 6.10 Å². The molecule has 144 valence electrons. The number of benzene rings is 2. The molecule has 2 rings (SSSR count). The maximum atomic E-state index is 12.5. The van der Waals surface area contributed by atoms with E-state index in [9.17, 15) is 9.59 Å². The van der Waals surface area contributed by atoms with Crippen LogP contribution in [0.3, 0.4) is 0 Å². The molecule has 27 heavy (non-hydrogen) atoms. The Hall–Kier alpha value is -2.62. The normalized spacial score (nSPS) is 12.4. The third-order valence-corrected chi connectivity index (χ3v) is 4.63. The van der Waals surface area contributed by atoms with E-state index in [0.717, 1.165) is 28.8 Å². The van der Waals surface area contributed by atoms with Gasteiger partial charge in [-0.3, -0.25) is 4.79 Å². The van der Waals surface area contributed by atoms with Crippen molar-refractivity contribution in [1.29, 1.82) is 0 Å². The summed E-state index contributed by atoms with van der Waals surface area (Å²) in [6, 6.07) is 13.2. The molecule has 0 aromatic heterocycles. The molecule has 0 fully saturated rings. The molecule has 2 aromatic rings. The summed E-state index contributed by atoms with van der Waals surface area (Å²) in [5.41, 5.74) is 4.42. The molecule has 0 radical (unpaired) electrons. The number of anilines is 1. The zero-order valence-corrected chi connectivity index (χ0v) is 17.1. The third kappa shape index (κ3) is 5.19. The molecule has 0 unspecified atom stereocenters. The molecule has 4 nitrogen and oxygen atoms in total. The van der Waals surface area contributed by atoms with Crippen molar-refractivity contribution < 1.29 is 14.3 Å². The fourth-order valence-corrected chi connectivity index (χ4v) is 2.82. The van der Waals surface area contributed by atoms with Gasteiger partial charge in [-0.15, -0.1) is 0 Å². The van der Waals surface area contributed by atoms with E-state index in [-0.39, 0.29) is 11.3 Å². The fourth-order valence-electron chi connectivity index (χ4n) is 2.82. The van der Waals surface area contributed by atoms with Gasteiger partial charge in [0, 0.05) is 5.69 Å². The van der Waals surface area contributed by atoms with Crippen LogP contribution in [0.2, 0.25) is 0 Å². The van der Waals surface area contributed by atoms with Crippen molar-refractivity contribution in [2.45, 2.75) is 59.5 Å². The standard InChI is InChI=1S/C23H29NO3/c1-7-17-10-8-9-15(2)20(17)24-21(25)16(3)27-22(26)18-11-13-19(14-12-18)23(4,5)6/h8-14,16H,7H2,1-6H3,(H,24,25)/t16-/m1/s1. The second-order valence-electron chi connectivity index (χ2n) is 7.83. The van der Waals surface area contributed by atoms with Gasteiger partial charge in [-0.05, 0) is 54.5 Å². The summed E-state index contributed by atoms with van der Waals surface area (Å²) in [7, 11) is 0. The number of nitrogens with one attached hydrogen (secondary N) is 1. The number of hydrogen-bond acceptors (Lipinski definition) is 3. The first-order chi connectivity index (χ1) is 12.6. The topological polar surface area (TPSA) is 55.4 Å². The van der Waals surface area contributed by atoms with Crippen LogP contribution in [0.25, 0.3) is 0 Å². The first-order valence-corrected chi connectivity index (χ1v) is 9.34. The van der Waals surface area contributed by atoms with Crippen molar-refractivity contribution in [3.63, 3.8) is 0 Å². The molecule has 2 aromatic carbocycles. The summed E-state index contributed by atoms with van der Waals surface area (Å²) in [6.45, 7) is 11.9. The smallest absolute Gasteiger partial charge is 0.338 e. The maximum absolute atomic E-state index is 12.5. The van der Waals surface area contributed by atoms with Crippen molar-refractivity contribution in [2.24, 2.45) is 0 Å². The van der Waals surface area contributed by atoms with E-state index in [4.69, 9.17) is 4.74 Å². The Kier molecular flexibility index (Phi) is 6.42. The van der Waals surface area contributed by atoms with Crippen LogP contribution in [-0.4, -0.2) is 18.0 Å². The van der Waals surface area contributed by atoms with Crippen LogP contribution in [0.5, 0.6) is 0 Å². The number of aryl methyl sites for hydroxylation is 2. The van der Waals surface area contributed by atoms with Gasteiger partial charge in [0.05, 0.1) is 5.56 Å². The van der Waals surface area contributed by atoms with Gasteiger partial charge in [-0.1, -0.05) is 58.0 Å². The number of hydrogen-bond donors (Lipinski definition) is 1. The fraction of sp³-hybridized carbons (Fsp3) is 0.391. The molecule has 0 aliphatic carbocycles. The van der Waals surface area contributed by atoms with E-state index in [1.165, 1.54) is 0 Å². The summed E-state index contributed by atoms with van der Waals surface area (Å²) >= 11 is 0. The highest BCUT2D eigenvalue weighted by Crippen LogP contribution is 2.23. The number of rotatable bonds is 5. The van der Waals surface area contributed by atoms with Crippen molar-refractivity contribution in [2.75, 3.05) is 5.32 Å². The summed E-state index contributed by atoms with van der Waals surface area (Å²) in [5, 5.41) is 2.90. The minimum atomic E-state index is -0.885. The molecule has 0 spiro atoms. The summed E-state index contributed by atoms with van der Waals surface area (Å²) in [5.74, 6) is -0.836. The number of esters is 1. The van der Waals surface area contributed by atoms with Gasteiger partial charge < -0.3 is 10.1 Å². The van der Waals surface area contributed by atoms with Crippen LogP contribution in [0, 0.1) is 6.92 Å². The molecule has 1 amide bonds. The lowest BCUT2D eigenvalue weighted by atomic mass is 9.87. The molecule has 0 aliphatic rings. The largest absolute Gasteiger partial charge is 0.449 e. The van der Waals surface area contributed by atoms with E-state index in [1.54, 1.807) is 19.1 Å². The Morgan fingerprint density at radius 2 is 1.70 bits per heavy atom. The molecular formula is C23H29NO3. The lowest BCUT2D eigenvalue weighted by Gasteiger charge is -2.19. The SMILES string of the molecule is CCc1cccc(C)c1NC(=O)[C@@H](C)OC(=O)c1ccc(C(C)(C)C)cc1. The molecule has 1 atom stereocenters. The van der Waals surface area contributed by atoms with Crippen LogP contribution >= 0.6 is 0 Å². The molecule has 0 aliphatic heterocycles. The van der Waals surface area contributed by atoms with Crippen molar-refractivity contribution in [1.82, 2.24) is 0 Å². The van der Waals surface area contributed by atoms with Crippen LogP contribution in [0.15, 0.2) is 42.5 Å². The number of amides is 1. The first-order valence-electron chi connectivity index (χ1n) is 9.34. The molecule has 4 heteroatoms. The Bertz CT molecular complexity index is 817. The lowest BCUT2D eigenvalue weighted by Crippen LogP contribution is -2.30. The highest BCUT2D eigenvalue weighted by Gasteiger charge is 2.21. The number of carbonyl (C=O) groups excluding carboxylic acids is 2. The van der Waals surface area contributed by atoms with E-state index in [2.05, 4.69) is 26.1 Å². The number of carbonyl (C=O) groups is 2. The van der Waals surface area contributed by atoms with Crippen LogP contribution < -0.4 is 5.32 Å². The van der Waals surface area contributed by atoms with Crippen molar-refractivity contribution in [3.05, 3.63) is 64.7 Å². The predicted octanol–water partition coefficient (Wildman–Crippen LogP) is 5.04. The van der Waals surface area contributed by atoms with E-state index in [1.807, 2.05) is 44.2 Å². The van der Waals surface area contributed by atoms with Crippen molar-refractivity contribution in [3.8, 4) is 0 Å². The minimum Gasteiger partial charge on any atom is -0.449 e. The Morgan fingerprint density at radius 3 is 2.26 bits per heavy atom. The highest BCUT2D eigenvalue weighted by molar-refractivity contribution is 5.98. The maximum Gasteiger partial charge on any atom is 0.338 e. The van der Waals surface area contributed by atoms with Gasteiger partial charge in [0.2, 0.25) is 0 Å². The van der Waals surface area contributed by atoms with Crippen LogP contribution in [0.4, 0.5) is 5.69 Å². The second kappa shape index (κ2) is 8.38. The molecule has 0 saturated heterocycles. The minimum absolute atomic E-state index is 0.0140. The average Bonchev–Trinajstić information content (AvgIpc) is 2.62. The molecule has 0 saturated carbocycles. The molecular weight excluding hydrogens is 338 g/mol. The average molecular weight is 367 g/mol. The first kappa shape index (κ1) is 20.7. The lowest BCUT2D eigenvalue weighted by molar-refractivity contribution is -0.123. The van der Waals surface area contributed by atoms with Gasteiger partial charge in [0.25, 0.3) is 5.91 Å². The zero-order valence-electron chi connectivity index (χ0n) is 17.1. The predicted molar refractivity (Wildman–Crippen MR) is 109 cm³/mol. The quantitative estimate of drug-likeness (QED) is 0.753. The zero-order chi connectivity index (χ0) is 20.2. The number of ether oxygens (including phenoxy) is 1. The Labute approximate surface area is 161 Å². The Balaban J connectivity index is 2.05. The highest BCUT2D eigenvalue weighted by atomic mass is 16.5. The summed E-state index contributed by atoms with van der Waals surface area (Å²) in [6.07, 6.45) is -0.0740. The molecule has 1 N–H and O–H groups in total.